The Hall–Kier alpha value is -2.10. The van der Waals surface area contributed by atoms with E-state index in [2.05, 4.69) is 15.1 Å². The molecular formula is C21H30N4O2. The van der Waals surface area contributed by atoms with Gasteiger partial charge in [0.15, 0.2) is 0 Å². The third-order valence-corrected chi connectivity index (χ3v) is 5.82. The van der Waals surface area contributed by atoms with Crippen LogP contribution in [0.4, 0.5) is 0 Å². The Morgan fingerprint density at radius 3 is 2.26 bits per heavy atom. The maximum absolute atomic E-state index is 12.3. The van der Waals surface area contributed by atoms with E-state index in [1.807, 2.05) is 6.07 Å². The number of amides is 1. The molecule has 2 saturated heterocycles. The van der Waals surface area contributed by atoms with Gasteiger partial charge in [-0.3, -0.25) is 9.69 Å². The molecule has 1 saturated carbocycles. The maximum atomic E-state index is 12.3. The van der Waals surface area contributed by atoms with Gasteiger partial charge in [0.1, 0.15) is 5.75 Å². The van der Waals surface area contributed by atoms with Gasteiger partial charge in [-0.2, -0.15) is 5.26 Å². The summed E-state index contributed by atoms with van der Waals surface area (Å²) in [5, 5.41) is 20.4. The molecule has 4 rings (SSSR count). The molecule has 3 fully saturated rings. The van der Waals surface area contributed by atoms with Crippen LogP contribution in [0.5, 0.6) is 5.75 Å². The quantitative estimate of drug-likeness (QED) is 0.833. The molecule has 1 aromatic rings. The minimum atomic E-state index is 0.114. The molecule has 1 amide bonds. The number of nitriles is 1. The van der Waals surface area contributed by atoms with Gasteiger partial charge in [-0.25, -0.2) is 0 Å². The number of phenols is 1. The molecule has 6 heteroatoms. The van der Waals surface area contributed by atoms with Crippen LogP contribution < -0.4 is 5.32 Å². The number of rotatable bonds is 2. The monoisotopic (exact) mass is 370 g/mol. The van der Waals surface area contributed by atoms with Crippen molar-refractivity contribution in [3.8, 4) is 11.8 Å². The van der Waals surface area contributed by atoms with Crippen LogP contribution in [0.2, 0.25) is 0 Å². The van der Waals surface area contributed by atoms with Crippen molar-refractivity contribution in [2.75, 3.05) is 32.7 Å². The van der Waals surface area contributed by atoms with E-state index in [4.69, 9.17) is 10.4 Å². The highest BCUT2D eigenvalue weighted by Crippen LogP contribution is 2.24. The zero-order chi connectivity index (χ0) is 19.1. The number of benzene rings is 1. The largest absolute Gasteiger partial charge is 0.508 e. The van der Waals surface area contributed by atoms with Crippen LogP contribution in [0, 0.1) is 11.3 Å². The lowest BCUT2D eigenvalue weighted by Crippen LogP contribution is -2.54. The van der Waals surface area contributed by atoms with Gasteiger partial charge < -0.3 is 15.3 Å². The highest BCUT2D eigenvalue weighted by Gasteiger charge is 2.31. The lowest BCUT2D eigenvalue weighted by Gasteiger charge is -2.38. The van der Waals surface area contributed by atoms with Crippen LogP contribution >= 0.6 is 0 Å². The lowest BCUT2D eigenvalue weighted by atomic mass is 10.1. The fraction of sp³-hybridized carbons (Fsp3) is 0.619. The summed E-state index contributed by atoms with van der Waals surface area (Å²) >= 11 is 0. The summed E-state index contributed by atoms with van der Waals surface area (Å²) in [6.07, 6.45) is 7.72. The molecule has 1 atom stereocenters. The van der Waals surface area contributed by atoms with Crippen molar-refractivity contribution in [1.82, 2.24) is 15.1 Å². The Balaban J connectivity index is 0.000000197. The third kappa shape index (κ3) is 5.44. The standard InChI is InChI=1S/C14H25N3O.C7H5NO/c18-14(13-6-3-7-15-13)17-10-8-16(9-11-17)12-4-1-2-5-12;8-5-6-1-3-7(9)4-2-6/h12-13,15H,1-11H2;1-4,9H/t13-;/m1./s1. The van der Waals surface area contributed by atoms with E-state index < -0.39 is 0 Å². The van der Waals surface area contributed by atoms with Crippen molar-refractivity contribution in [3.63, 3.8) is 0 Å². The number of carbonyl (C=O) groups excluding carboxylic acids is 1. The van der Waals surface area contributed by atoms with Crippen molar-refractivity contribution in [2.24, 2.45) is 0 Å². The van der Waals surface area contributed by atoms with Gasteiger partial charge in [0, 0.05) is 32.2 Å². The molecule has 2 heterocycles. The fourth-order valence-corrected chi connectivity index (χ4v) is 4.23. The van der Waals surface area contributed by atoms with E-state index in [0.29, 0.717) is 11.5 Å². The molecule has 2 N–H and O–H groups in total. The smallest absolute Gasteiger partial charge is 0.239 e. The molecule has 0 aromatic heterocycles. The number of phenolic OH excluding ortho intramolecular Hbond substituents is 1. The first kappa shape index (κ1) is 19.7. The summed E-state index contributed by atoms with van der Waals surface area (Å²) < 4.78 is 0. The summed E-state index contributed by atoms with van der Waals surface area (Å²) in [5.74, 6) is 0.535. The number of aromatic hydroxyl groups is 1. The second-order valence-electron chi connectivity index (χ2n) is 7.61. The van der Waals surface area contributed by atoms with Crippen LogP contribution in [0.25, 0.3) is 0 Å². The van der Waals surface area contributed by atoms with E-state index in [9.17, 15) is 4.79 Å². The average Bonchev–Trinajstić information content (AvgIpc) is 3.43. The van der Waals surface area contributed by atoms with Gasteiger partial charge in [-0.05, 0) is 56.5 Å². The van der Waals surface area contributed by atoms with Gasteiger partial charge in [0.05, 0.1) is 17.7 Å². The summed E-state index contributed by atoms with van der Waals surface area (Å²) in [6.45, 7) is 5.06. The molecule has 2 aliphatic heterocycles. The SMILES string of the molecule is N#Cc1ccc(O)cc1.O=C([C@H]1CCCN1)N1CCN(C2CCCC2)CC1. The summed E-state index contributed by atoms with van der Waals surface area (Å²) in [4.78, 5) is 17.0. The predicted octanol–water partition coefficient (Wildman–Crippen LogP) is 2.09. The molecule has 0 radical (unpaired) electrons. The first-order chi connectivity index (χ1) is 13.2. The fourth-order valence-electron chi connectivity index (χ4n) is 4.23. The second kappa shape index (κ2) is 9.72. The first-order valence-electron chi connectivity index (χ1n) is 10.1. The highest BCUT2D eigenvalue weighted by atomic mass is 16.3. The predicted molar refractivity (Wildman–Crippen MR) is 104 cm³/mol. The summed E-state index contributed by atoms with van der Waals surface area (Å²) in [6, 6.07) is 8.97. The molecule has 6 nitrogen and oxygen atoms in total. The van der Waals surface area contributed by atoms with Crippen LogP contribution in [-0.2, 0) is 4.79 Å². The van der Waals surface area contributed by atoms with Crippen molar-refractivity contribution in [2.45, 2.75) is 50.6 Å². The molecule has 27 heavy (non-hydrogen) atoms. The third-order valence-electron chi connectivity index (χ3n) is 5.82. The molecule has 0 bridgehead atoms. The van der Waals surface area contributed by atoms with Gasteiger partial charge in [0.25, 0.3) is 0 Å². The van der Waals surface area contributed by atoms with Gasteiger partial charge in [0.2, 0.25) is 5.91 Å². The lowest BCUT2D eigenvalue weighted by molar-refractivity contribution is -0.135. The van der Waals surface area contributed by atoms with Crippen molar-refractivity contribution < 1.29 is 9.90 Å². The Kier molecular flexibility index (Phi) is 7.08. The van der Waals surface area contributed by atoms with E-state index in [1.165, 1.54) is 37.8 Å². The molecule has 0 unspecified atom stereocenters. The van der Waals surface area contributed by atoms with Crippen LogP contribution in [0.15, 0.2) is 24.3 Å². The Bertz CT molecular complexity index is 635. The molecule has 1 aromatic carbocycles. The van der Waals surface area contributed by atoms with Gasteiger partial charge in [-0.1, -0.05) is 12.8 Å². The second-order valence-corrected chi connectivity index (χ2v) is 7.61. The van der Waals surface area contributed by atoms with E-state index in [0.717, 1.165) is 51.6 Å². The van der Waals surface area contributed by atoms with E-state index in [-0.39, 0.29) is 11.8 Å². The highest BCUT2D eigenvalue weighted by molar-refractivity contribution is 5.82. The molecule has 0 spiro atoms. The zero-order valence-corrected chi connectivity index (χ0v) is 15.9. The number of carbonyl (C=O) groups is 1. The molecule has 3 aliphatic rings. The Labute approximate surface area is 161 Å². The van der Waals surface area contributed by atoms with Crippen LogP contribution in [-0.4, -0.2) is 65.6 Å². The number of nitrogens with one attached hydrogen (secondary N) is 1. The van der Waals surface area contributed by atoms with Crippen molar-refractivity contribution in [1.29, 1.82) is 5.26 Å². The summed E-state index contributed by atoms with van der Waals surface area (Å²) in [7, 11) is 0. The minimum Gasteiger partial charge on any atom is -0.508 e. The van der Waals surface area contributed by atoms with Gasteiger partial charge in [-0.15, -0.1) is 0 Å². The van der Waals surface area contributed by atoms with Crippen LogP contribution in [0.1, 0.15) is 44.1 Å². The average molecular weight is 370 g/mol. The minimum absolute atomic E-state index is 0.114. The molecule has 1 aliphatic carbocycles. The van der Waals surface area contributed by atoms with Crippen molar-refractivity contribution in [3.05, 3.63) is 29.8 Å². The Morgan fingerprint density at radius 2 is 1.70 bits per heavy atom. The first-order valence-corrected chi connectivity index (χ1v) is 10.1. The molecular weight excluding hydrogens is 340 g/mol. The Morgan fingerprint density at radius 1 is 1.04 bits per heavy atom. The normalized spacial score (nSPS) is 23.5. The number of piperazine rings is 1. The van der Waals surface area contributed by atoms with Gasteiger partial charge >= 0.3 is 0 Å². The molecule has 146 valence electrons. The number of hydrogen-bond donors (Lipinski definition) is 2. The zero-order valence-electron chi connectivity index (χ0n) is 15.9. The number of nitrogens with zero attached hydrogens (tertiary/aromatic N) is 3. The van der Waals surface area contributed by atoms with E-state index >= 15 is 0 Å². The van der Waals surface area contributed by atoms with Crippen molar-refractivity contribution >= 4 is 5.91 Å². The number of hydrogen-bond acceptors (Lipinski definition) is 5. The topological polar surface area (TPSA) is 79.6 Å². The summed E-state index contributed by atoms with van der Waals surface area (Å²) in [5.41, 5.74) is 0.563. The maximum Gasteiger partial charge on any atom is 0.239 e. The van der Waals surface area contributed by atoms with E-state index in [1.54, 1.807) is 12.1 Å². The van der Waals surface area contributed by atoms with Crippen LogP contribution in [0.3, 0.4) is 0 Å².